The van der Waals surface area contributed by atoms with E-state index >= 15 is 0 Å². The third-order valence-electron chi connectivity index (χ3n) is 5.00. The Morgan fingerprint density at radius 2 is 1.93 bits per heavy atom. The van der Waals surface area contributed by atoms with Gasteiger partial charge in [-0.1, -0.05) is 36.4 Å². The van der Waals surface area contributed by atoms with E-state index in [1.807, 2.05) is 41.3 Å². The molecule has 1 saturated heterocycles. The van der Waals surface area contributed by atoms with E-state index in [-0.39, 0.29) is 29.9 Å². The standard InChI is InChI=1S/C23H30N4O2.HI/c1-3-24-23(25-15-18-8-6-11-21(14-18)29-2)26-16-19-9-4-5-10-20(19)17-27-13-7-12-22(27)28;/h4-6,8-11,14H,3,7,12-13,15-17H2,1-2H3,(H2,24,25,26);1H. The molecule has 0 atom stereocenters. The van der Waals surface area contributed by atoms with Crippen molar-refractivity contribution in [2.75, 3.05) is 20.2 Å². The Morgan fingerprint density at radius 1 is 1.13 bits per heavy atom. The minimum atomic E-state index is 0. The van der Waals surface area contributed by atoms with Crippen LogP contribution in [0.4, 0.5) is 0 Å². The molecule has 1 heterocycles. The average molecular weight is 522 g/mol. The lowest BCUT2D eigenvalue weighted by molar-refractivity contribution is -0.128. The monoisotopic (exact) mass is 522 g/mol. The number of methoxy groups -OCH3 is 1. The largest absolute Gasteiger partial charge is 0.497 e. The number of ether oxygens (including phenoxy) is 1. The van der Waals surface area contributed by atoms with Crippen LogP contribution in [-0.2, 0) is 24.4 Å². The summed E-state index contributed by atoms with van der Waals surface area (Å²) in [5.74, 6) is 1.85. The van der Waals surface area contributed by atoms with E-state index < -0.39 is 0 Å². The zero-order valence-electron chi connectivity index (χ0n) is 17.7. The van der Waals surface area contributed by atoms with Crippen LogP contribution in [0, 0.1) is 0 Å². The van der Waals surface area contributed by atoms with Crippen molar-refractivity contribution < 1.29 is 9.53 Å². The van der Waals surface area contributed by atoms with Crippen molar-refractivity contribution in [2.24, 2.45) is 4.99 Å². The number of nitrogens with one attached hydrogen (secondary N) is 2. The highest BCUT2D eigenvalue weighted by Crippen LogP contribution is 2.17. The molecule has 1 aliphatic rings. The molecule has 30 heavy (non-hydrogen) atoms. The lowest BCUT2D eigenvalue weighted by atomic mass is 10.1. The molecule has 1 fully saturated rings. The van der Waals surface area contributed by atoms with Gasteiger partial charge in [-0.25, -0.2) is 4.99 Å². The summed E-state index contributed by atoms with van der Waals surface area (Å²) >= 11 is 0. The van der Waals surface area contributed by atoms with Gasteiger partial charge in [0.2, 0.25) is 5.91 Å². The zero-order chi connectivity index (χ0) is 20.5. The quantitative estimate of drug-likeness (QED) is 0.316. The zero-order valence-corrected chi connectivity index (χ0v) is 20.0. The highest BCUT2D eigenvalue weighted by molar-refractivity contribution is 14.0. The van der Waals surface area contributed by atoms with Gasteiger partial charge in [-0.2, -0.15) is 0 Å². The molecule has 162 valence electrons. The summed E-state index contributed by atoms with van der Waals surface area (Å²) in [6.45, 7) is 5.58. The Labute approximate surface area is 196 Å². The van der Waals surface area contributed by atoms with Crippen molar-refractivity contribution in [3.8, 4) is 5.75 Å². The maximum atomic E-state index is 12.0. The Hall–Kier alpha value is -2.29. The van der Waals surface area contributed by atoms with Crippen molar-refractivity contribution >= 4 is 35.8 Å². The number of hydrogen-bond donors (Lipinski definition) is 2. The molecule has 0 aliphatic carbocycles. The van der Waals surface area contributed by atoms with E-state index in [0.717, 1.165) is 36.8 Å². The number of hydrogen-bond acceptors (Lipinski definition) is 3. The molecule has 7 heteroatoms. The number of rotatable bonds is 8. The van der Waals surface area contributed by atoms with Gasteiger partial charge in [0.1, 0.15) is 5.75 Å². The van der Waals surface area contributed by atoms with Gasteiger partial charge in [-0.3, -0.25) is 4.79 Å². The molecular weight excluding hydrogens is 491 g/mol. The number of amides is 1. The molecule has 6 nitrogen and oxygen atoms in total. The van der Waals surface area contributed by atoms with Crippen molar-refractivity contribution in [2.45, 2.75) is 39.4 Å². The number of carbonyl (C=O) groups excluding carboxylic acids is 1. The highest BCUT2D eigenvalue weighted by atomic mass is 127. The highest BCUT2D eigenvalue weighted by Gasteiger charge is 2.20. The summed E-state index contributed by atoms with van der Waals surface area (Å²) in [5, 5.41) is 6.71. The third-order valence-corrected chi connectivity index (χ3v) is 5.00. The van der Waals surface area contributed by atoms with Crippen molar-refractivity contribution in [1.29, 1.82) is 0 Å². The molecule has 2 aromatic rings. The van der Waals surface area contributed by atoms with Crippen LogP contribution >= 0.6 is 24.0 Å². The molecule has 0 aromatic heterocycles. The molecule has 1 aliphatic heterocycles. The molecule has 3 rings (SSSR count). The van der Waals surface area contributed by atoms with Crippen LogP contribution < -0.4 is 15.4 Å². The molecule has 2 aromatic carbocycles. The van der Waals surface area contributed by atoms with Crippen molar-refractivity contribution in [3.05, 3.63) is 65.2 Å². The Balaban J connectivity index is 0.00000320. The van der Waals surface area contributed by atoms with Gasteiger partial charge in [0.05, 0.1) is 13.7 Å². The fourth-order valence-corrected chi connectivity index (χ4v) is 3.42. The predicted molar refractivity (Wildman–Crippen MR) is 131 cm³/mol. The molecule has 0 bridgehead atoms. The summed E-state index contributed by atoms with van der Waals surface area (Å²) in [6.07, 6.45) is 1.63. The van der Waals surface area contributed by atoms with Crippen LogP contribution in [0.15, 0.2) is 53.5 Å². The van der Waals surface area contributed by atoms with Gasteiger partial charge in [0.25, 0.3) is 0 Å². The molecule has 0 unspecified atom stereocenters. The molecule has 0 radical (unpaired) electrons. The van der Waals surface area contributed by atoms with Crippen LogP contribution in [0.3, 0.4) is 0 Å². The van der Waals surface area contributed by atoms with Gasteiger partial charge in [0.15, 0.2) is 5.96 Å². The Kier molecular flexibility index (Phi) is 9.93. The maximum Gasteiger partial charge on any atom is 0.222 e. The topological polar surface area (TPSA) is 66.0 Å². The third kappa shape index (κ3) is 6.90. The summed E-state index contributed by atoms with van der Waals surface area (Å²) in [6, 6.07) is 16.2. The van der Waals surface area contributed by atoms with Gasteiger partial charge >= 0.3 is 0 Å². The first-order valence-corrected chi connectivity index (χ1v) is 10.2. The van der Waals surface area contributed by atoms with Crippen LogP contribution in [0.25, 0.3) is 0 Å². The first-order chi connectivity index (χ1) is 14.2. The van der Waals surface area contributed by atoms with E-state index in [2.05, 4.69) is 29.7 Å². The fraction of sp³-hybridized carbons (Fsp3) is 0.391. The number of benzene rings is 2. The van der Waals surface area contributed by atoms with Gasteiger partial charge < -0.3 is 20.3 Å². The Bertz CT molecular complexity index is 857. The van der Waals surface area contributed by atoms with Crippen LogP contribution in [-0.4, -0.2) is 37.0 Å². The van der Waals surface area contributed by atoms with E-state index in [1.165, 1.54) is 11.1 Å². The molecule has 2 N–H and O–H groups in total. The van der Waals surface area contributed by atoms with Gasteiger partial charge in [-0.05, 0) is 42.2 Å². The smallest absolute Gasteiger partial charge is 0.222 e. The van der Waals surface area contributed by atoms with Crippen LogP contribution in [0.1, 0.15) is 36.5 Å². The number of aliphatic imine (C=N–C) groups is 1. The second-order valence-electron chi connectivity index (χ2n) is 7.09. The SMILES string of the molecule is CCNC(=NCc1cccc(OC)c1)NCc1ccccc1CN1CCCC1=O.I. The molecule has 1 amide bonds. The van der Waals surface area contributed by atoms with Gasteiger partial charge in [0, 0.05) is 32.6 Å². The maximum absolute atomic E-state index is 12.0. The number of halogens is 1. The number of likely N-dealkylation sites (tertiary alicyclic amines) is 1. The van der Waals surface area contributed by atoms with E-state index in [1.54, 1.807) is 7.11 Å². The van der Waals surface area contributed by atoms with Crippen molar-refractivity contribution in [3.63, 3.8) is 0 Å². The summed E-state index contributed by atoms with van der Waals surface area (Å²) in [7, 11) is 1.67. The lowest BCUT2D eigenvalue weighted by Crippen LogP contribution is -2.37. The summed E-state index contributed by atoms with van der Waals surface area (Å²) < 4.78 is 5.28. The van der Waals surface area contributed by atoms with Crippen LogP contribution in [0.2, 0.25) is 0 Å². The van der Waals surface area contributed by atoms with Crippen LogP contribution in [0.5, 0.6) is 5.75 Å². The minimum Gasteiger partial charge on any atom is -0.497 e. The Morgan fingerprint density at radius 3 is 2.63 bits per heavy atom. The minimum absolute atomic E-state index is 0. The summed E-state index contributed by atoms with van der Waals surface area (Å²) in [5.41, 5.74) is 3.45. The number of nitrogens with zero attached hydrogens (tertiary/aromatic N) is 2. The first-order valence-electron chi connectivity index (χ1n) is 10.2. The van der Waals surface area contributed by atoms with E-state index in [0.29, 0.717) is 26.1 Å². The summed E-state index contributed by atoms with van der Waals surface area (Å²) in [4.78, 5) is 18.6. The second-order valence-corrected chi connectivity index (χ2v) is 7.09. The first kappa shape index (κ1) is 24.0. The second kappa shape index (κ2) is 12.4. The van der Waals surface area contributed by atoms with Crippen molar-refractivity contribution in [1.82, 2.24) is 15.5 Å². The number of guanidine groups is 1. The molecular formula is C23H31IN4O2. The average Bonchev–Trinajstić information content (AvgIpc) is 3.15. The predicted octanol–water partition coefficient (Wildman–Crippen LogP) is 3.69. The van der Waals surface area contributed by atoms with E-state index in [9.17, 15) is 4.79 Å². The van der Waals surface area contributed by atoms with Gasteiger partial charge in [-0.15, -0.1) is 24.0 Å². The fourth-order valence-electron chi connectivity index (χ4n) is 3.42. The van der Waals surface area contributed by atoms with E-state index in [4.69, 9.17) is 9.73 Å². The lowest BCUT2D eigenvalue weighted by Gasteiger charge is -2.19. The molecule has 0 saturated carbocycles. The number of carbonyl (C=O) groups is 1. The molecule has 0 spiro atoms. The normalized spacial score (nSPS) is 13.7.